The second kappa shape index (κ2) is 25.0. The summed E-state index contributed by atoms with van der Waals surface area (Å²) >= 11 is 0. The zero-order valence-corrected chi connectivity index (χ0v) is 45.5. The SMILES string of the molecule is C[C]1[C](C)[C](C)[C]([Si](C)(C)PC2CCCCC2)[C]1C.C[C]1[C](C)[C](C)[C]([Si](C)(C)PC2CCCCC2)[C]1C.[CH2-][Si](C)(C)C.[CH2-][Si](C)(C)C.[Lu].[Lu]. The second-order valence-corrected chi connectivity index (χ2v) is 48.3. The van der Waals surface area contributed by atoms with Gasteiger partial charge < -0.3 is 13.1 Å². The zero-order chi connectivity index (χ0) is 37.4. The largest absolute Gasteiger partial charge is 0.342 e. The first-order valence-corrected chi connectivity index (χ1v) is 37.0. The molecule has 0 aromatic carbocycles. The van der Waals surface area contributed by atoms with Gasteiger partial charge >= 0.3 is 0 Å². The van der Waals surface area contributed by atoms with Crippen molar-refractivity contribution in [1.82, 2.24) is 0 Å². The van der Waals surface area contributed by atoms with Crippen molar-refractivity contribution in [3.63, 3.8) is 0 Å². The molecule has 8 heteroatoms. The molecule has 4 aliphatic rings. The van der Waals surface area contributed by atoms with Crippen molar-refractivity contribution in [2.24, 2.45) is 0 Å². The summed E-state index contributed by atoms with van der Waals surface area (Å²) in [5.41, 5.74) is 5.69. The van der Waals surface area contributed by atoms with E-state index in [1.54, 1.807) is 58.4 Å². The fourth-order valence-corrected chi connectivity index (χ4v) is 27.2. The fourth-order valence-electron chi connectivity index (χ4n) is 7.97. The molecule has 50 heavy (non-hydrogen) atoms. The van der Waals surface area contributed by atoms with Crippen LogP contribution in [0.25, 0.3) is 0 Å². The molecule has 2 unspecified atom stereocenters. The van der Waals surface area contributed by atoms with Crippen molar-refractivity contribution in [3.8, 4) is 0 Å². The Bertz CT molecular complexity index is 781. The summed E-state index contributed by atoms with van der Waals surface area (Å²) in [6.45, 7) is 50.3. The molecule has 4 aliphatic carbocycles. The average molecular weight is 1110 g/mol. The van der Waals surface area contributed by atoms with E-state index >= 15 is 0 Å². The minimum Gasteiger partial charge on any atom is -0.342 e. The molecule has 0 saturated heterocycles. The van der Waals surface area contributed by atoms with E-state index in [0.29, 0.717) is 0 Å². The van der Waals surface area contributed by atoms with Crippen molar-refractivity contribution in [3.05, 3.63) is 71.5 Å². The molecule has 4 saturated carbocycles. The van der Waals surface area contributed by atoms with E-state index in [9.17, 15) is 0 Å². The van der Waals surface area contributed by atoms with Gasteiger partial charge in [0.15, 0.2) is 0 Å². The van der Waals surface area contributed by atoms with Crippen LogP contribution in [0.4, 0.5) is 0 Å². The van der Waals surface area contributed by atoms with Gasteiger partial charge in [0.2, 0.25) is 0 Å². The fraction of sp³-hybridized carbons (Fsp3) is 0.714. The first-order valence-electron chi connectivity index (χ1n) is 19.4. The van der Waals surface area contributed by atoms with E-state index in [0.717, 1.165) is 11.3 Å². The number of hydrogen-bond donors (Lipinski definition) is 0. The van der Waals surface area contributed by atoms with E-state index < -0.39 is 31.6 Å². The summed E-state index contributed by atoms with van der Waals surface area (Å²) in [7, 11) is -1.75. The predicted molar refractivity (Wildman–Crippen MR) is 241 cm³/mol. The summed E-state index contributed by atoms with van der Waals surface area (Å²) in [5, 5.41) is 0. The molecular formula is C42H82Lu2P2Si4-2. The van der Waals surface area contributed by atoms with Gasteiger partial charge in [-0.05, 0) is 95.4 Å². The molecule has 0 spiro atoms. The molecule has 0 aromatic heterocycles. The monoisotopic (exact) mass is 1110 g/mol. The molecule has 0 amide bonds. The minimum absolute atomic E-state index is 0. The van der Waals surface area contributed by atoms with Gasteiger partial charge in [-0.1, -0.05) is 159 Å². The van der Waals surface area contributed by atoms with Crippen LogP contribution in [0.3, 0.4) is 0 Å². The average Bonchev–Trinajstić information content (AvgIpc) is 3.26. The maximum atomic E-state index is 3.91. The molecule has 0 heterocycles. The van der Waals surface area contributed by atoms with Gasteiger partial charge in [-0.25, -0.2) is 0 Å². The first-order chi connectivity index (χ1) is 21.7. The standard InChI is InChI=1S/2C17H30PSi.2C4H11Si.2Lu/c2*1-12-13(2)15(4)17(14(12)3)19(5,6)18-16-10-8-7-9-11-16;2*1-5(2,3)4;;/h2*16,18H,7-11H2,1-6H3;2*1H2,2-4H3;;/q;;2*-1;;. The maximum Gasteiger partial charge on any atom is 0.0795 e. The van der Waals surface area contributed by atoms with Crippen LogP contribution in [0, 0.1) is 145 Å². The summed E-state index contributed by atoms with van der Waals surface area (Å²) < 4.78 is 0. The van der Waals surface area contributed by atoms with Crippen LogP contribution in [0.5, 0.6) is 0 Å². The Balaban J connectivity index is 0. The Labute approximate surface area is 384 Å². The maximum absolute atomic E-state index is 3.91. The summed E-state index contributed by atoms with van der Waals surface area (Å²) in [5.74, 6) is 12.7. The molecule has 0 bridgehead atoms. The van der Waals surface area contributed by atoms with Gasteiger partial charge in [-0.2, -0.15) is 0 Å². The van der Waals surface area contributed by atoms with Gasteiger partial charge in [0, 0.05) is 73.7 Å². The van der Waals surface area contributed by atoms with Crippen LogP contribution in [0.2, 0.25) is 65.5 Å². The van der Waals surface area contributed by atoms with Crippen LogP contribution in [0.15, 0.2) is 0 Å². The van der Waals surface area contributed by atoms with Crippen molar-refractivity contribution in [2.45, 2.75) is 196 Å². The van der Waals surface area contributed by atoms with Crippen LogP contribution in [-0.2, 0) is 0 Å². The third-order valence-electron chi connectivity index (χ3n) is 10.5. The molecule has 2 atom stereocenters. The Hall–Kier alpha value is 4.20. The Kier molecular flexibility index (Phi) is 28.1. The van der Waals surface area contributed by atoms with E-state index in [1.807, 2.05) is 0 Å². The van der Waals surface area contributed by atoms with Crippen LogP contribution >= 0.6 is 16.3 Å². The topological polar surface area (TPSA) is 0 Å². The molecule has 4 fully saturated rings. The summed E-state index contributed by atoms with van der Waals surface area (Å²) in [4.78, 5) is 0. The van der Waals surface area contributed by atoms with E-state index in [-0.39, 0.29) is 73.7 Å². The zero-order valence-electron chi connectivity index (χ0n) is 36.2. The van der Waals surface area contributed by atoms with Crippen LogP contribution in [0.1, 0.15) is 120 Å². The molecule has 12 radical (unpaired) electrons. The summed E-state index contributed by atoms with van der Waals surface area (Å²) in [6.07, 6.45) is 14.9. The normalized spacial score (nSPS) is 23.8. The molecule has 0 aliphatic heterocycles. The quantitative estimate of drug-likeness (QED) is 0.141. The number of rotatable bonds is 6. The molecule has 0 nitrogen and oxygen atoms in total. The van der Waals surface area contributed by atoms with Gasteiger partial charge in [0.05, 0.1) is 15.5 Å². The minimum atomic E-state index is -1.24. The predicted octanol–water partition coefficient (Wildman–Crippen LogP) is 14.8. The Morgan fingerprint density at radius 2 is 0.560 bits per heavy atom. The number of hydrogen-bond acceptors (Lipinski definition) is 0. The van der Waals surface area contributed by atoms with Crippen molar-refractivity contribution < 1.29 is 73.7 Å². The molecule has 4 rings (SSSR count). The van der Waals surface area contributed by atoms with E-state index in [2.05, 4.69) is 134 Å². The Morgan fingerprint density at radius 3 is 0.740 bits per heavy atom. The third-order valence-corrected chi connectivity index (χ3v) is 26.2. The van der Waals surface area contributed by atoms with Gasteiger partial charge in [-0.15, -0.1) is 32.4 Å². The van der Waals surface area contributed by atoms with Crippen LogP contribution < -0.4 is 0 Å². The van der Waals surface area contributed by atoms with Crippen molar-refractivity contribution in [1.29, 1.82) is 0 Å². The molecule has 0 aromatic rings. The van der Waals surface area contributed by atoms with Gasteiger partial charge in [0.25, 0.3) is 0 Å². The van der Waals surface area contributed by atoms with Gasteiger partial charge in [-0.3, -0.25) is 0 Å². The van der Waals surface area contributed by atoms with Crippen molar-refractivity contribution >= 4 is 47.9 Å². The van der Waals surface area contributed by atoms with Gasteiger partial charge in [0.1, 0.15) is 0 Å². The van der Waals surface area contributed by atoms with Crippen molar-refractivity contribution in [2.75, 3.05) is 0 Å². The third kappa shape index (κ3) is 20.2. The first kappa shape index (κ1) is 56.3. The summed E-state index contributed by atoms with van der Waals surface area (Å²) in [6, 6.07) is 0. The van der Waals surface area contributed by atoms with Crippen LogP contribution in [-0.4, -0.2) is 42.9 Å². The second-order valence-electron chi connectivity index (χ2n) is 19.1. The Morgan fingerprint density at radius 1 is 0.380 bits per heavy atom. The molecular weight excluding hydrogens is 1030 g/mol. The van der Waals surface area contributed by atoms with E-state index in [4.69, 9.17) is 0 Å². The smallest absolute Gasteiger partial charge is 0.0795 e. The molecule has 308 valence electrons. The molecule has 0 N–H and O–H groups in total. The van der Waals surface area contributed by atoms with E-state index in [1.165, 1.54) is 80.5 Å².